The van der Waals surface area contributed by atoms with Crippen molar-refractivity contribution in [3.63, 3.8) is 0 Å². The summed E-state index contributed by atoms with van der Waals surface area (Å²) >= 11 is 0. The van der Waals surface area contributed by atoms with Gasteiger partial charge >= 0.3 is 6.09 Å². The van der Waals surface area contributed by atoms with Gasteiger partial charge in [-0.05, 0) is 70.3 Å². The molecule has 170 valence electrons. The second kappa shape index (κ2) is 8.94. The molecular formula is C26H33N3O3. The Morgan fingerprint density at radius 1 is 1.12 bits per heavy atom. The summed E-state index contributed by atoms with van der Waals surface area (Å²) < 4.78 is 5.97. The molecule has 2 aromatic carbocycles. The lowest BCUT2D eigenvalue weighted by atomic mass is 9.77. The van der Waals surface area contributed by atoms with Crippen molar-refractivity contribution in [3.8, 4) is 0 Å². The zero-order valence-electron chi connectivity index (χ0n) is 19.3. The smallest absolute Gasteiger partial charge is 0.410 e. The van der Waals surface area contributed by atoms with Gasteiger partial charge in [-0.2, -0.15) is 0 Å². The number of hydrogen-bond acceptors (Lipinski definition) is 4. The highest BCUT2D eigenvalue weighted by Crippen LogP contribution is 2.47. The van der Waals surface area contributed by atoms with Crippen molar-refractivity contribution in [3.05, 3.63) is 65.7 Å². The first-order chi connectivity index (χ1) is 15.3. The van der Waals surface area contributed by atoms with Gasteiger partial charge in [-0.3, -0.25) is 4.79 Å². The number of likely N-dealkylation sites (N-methyl/N-ethyl adjacent to an activating group) is 1. The summed E-state index contributed by atoms with van der Waals surface area (Å²) in [5.41, 5.74) is 2.52. The van der Waals surface area contributed by atoms with Crippen LogP contribution in [0.25, 0.3) is 0 Å². The number of benzene rings is 2. The number of carbonyl (C=O) groups excluding carboxylic acids is 2. The van der Waals surface area contributed by atoms with E-state index in [1.165, 1.54) is 5.56 Å². The minimum atomic E-state index is -0.606. The standard InChI is InChI=1S/C26H33N3O3/c1-17(27-4)24(30)28-20-12-10-19(11-13-20)23-22-15-14-21(16-18-8-6-5-7-9-18)29(22)25(31)32-26(23,2)3/h5-13,17,21-23,27H,14-16H2,1-4H3,(H,28,30)/t17-,21-,22+,23?/m1/s1. The number of rotatable bonds is 6. The number of hydrogen-bond donors (Lipinski definition) is 2. The van der Waals surface area contributed by atoms with Crippen LogP contribution >= 0.6 is 0 Å². The fraction of sp³-hybridized carbons (Fsp3) is 0.462. The van der Waals surface area contributed by atoms with E-state index in [2.05, 4.69) is 22.8 Å². The summed E-state index contributed by atoms with van der Waals surface area (Å²) in [6.45, 7) is 5.83. The Kier molecular flexibility index (Phi) is 6.24. The van der Waals surface area contributed by atoms with E-state index >= 15 is 0 Å². The van der Waals surface area contributed by atoms with Crippen LogP contribution in [0.3, 0.4) is 0 Å². The maximum Gasteiger partial charge on any atom is 0.410 e. The number of fused-ring (bicyclic) bond motifs is 1. The second-order valence-electron chi connectivity index (χ2n) is 9.47. The number of amides is 2. The maximum atomic E-state index is 13.0. The zero-order valence-corrected chi connectivity index (χ0v) is 19.3. The van der Waals surface area contributed by atoms with E-state index in [9.17, 15) is 9.59 Å². The van der Waals surface area contributed by atoms with Gasteiger partial charge < -0.3 is 20.3 Å². The van der Waals surface area contributed by atoms with Gasteiger partial charge in [-0.15, -0.1) is 0 Å². The van der Waals surface area contributed by atoms with E-state index in [-0.39, 0.29) is 36.0 Å². The van der Waals surface area contributed by atoms with Crippen LogP contribution in [0.5, 0.6) is 0 Å². The van der Waals surface area contributed by atoms with Crippen molar-refractivity contribution in [2.75, 3.05) is 12.4 Å². The molecular weight excluding hydrogens is 402 g/mol. The Hall–Kier alpha value is -2.86. The topological polar surface area (TPSA) is 70.7 Å². The fourth-order valence-corrected chi connectivity index (χ4v) is 5.19. The molecule has 2 heterocycles. The van der Waals surface area contributed by atoms with Crippen LogP contribution in [0.1, 0.15) is 50.7 Å². The minimum absolute atomic E-state index is 0.0574. The van der Waals surface area contributed by atoms with Crippen LogP contribution in [0.15, 0.2) is 54.6 Å². The van der Waals surface area contributed by atoms with Crippen molar-refractivity contribution in [1.82, 2.24) is 10.2 Å². The summed E-state index contributed by atoms with van der Waals surface area (Å²) in [7, 11) is 1.76. The van der Waals surface area contributed by atoms with Crippen molar-refractivity contribution in [1.29, 1.82) is 0 Å². The molecule has 4 rings (SSSR count). The molecule has 0 aromatic heterocycles. The van der Waals surface area contributed by atoms with E-state index in [4.69, 9.17) is 4.74 Å². The quantitative estimate of drug-likeness (QED) is 0.709. The average molecular weight is 436 g/mol. The summed E-state index contributed by atoms with van der Waals surface area (Å²) in [5, 5.41) is 5.88. The van der Waals surface area contributed by atoms with E-state index in [1.54, 1.807) is 7.05 Å². The van der Waals surface area contributed by atoms with Gasteiger partial charge in [-0.25, -0.2) is 4.79 Å². The molecule has 2 aliphatic rings. The normalized spacial score (nSPS) is 25.1. The lowest BCUT2D eigenvalue weighted by molar-refractivity contribution is -0.117. The highest BCUT2D eigenvalue weighted by Gasteiger charge is 2.53. The molecule has 4 atom stereocenters. The van der Waals surface area contributed by atoms with Crippen LogP contribution in [-0.4, -0.2) is 47.7 Å². The molecule has 2 saturated heterocycles. The third kappa shape index (κ3) is 4.37. The number of ether oxygens (including phenoxy) is 1. The molecule has 2 fully saturated rings. The van der Waals surface area contributed by atoms with E-state index in [1.807, 2.05) is 68.1 Å². The first-order valence-corrected chi connectivity index (χ1v) is 11.4. The van der Waals surface area contributed by atoms with Gasteiger partial charge in [0.1, 0.15) is 5.60 Å². The summed E-state index contributed by atoms with van der Waals surface area (Å²) in [6, 6.07) is 18.3. The molecule has 2 N–H and O–H groups in total. The van der Waals surface area contributed by atoms with E-state index < -0.39 is 5.60 Å². The highest BCUT2D eigenvalue weighted by molar-refractivity contribution is 5.94. The zero-order chi connectivity index (χ0) is 22.9. The summed E-state index contributed by atoms with van der Waals surface area (Å²) in [5.74, 6) is -0.0140. The van der Waals surface area contributed by atoms with Gasteiger partial charge in [0.15, 0.2) is 0 Å². The predicted octanol–water partition coefficient (Wildman–Crippen LogP) is 4.32. The molecule has 2 amide bonds. The molecule has 2 aliphatic heterocycles. The molecule has 0 spiro atoms. The van der Waals surface area contributed by atoms with Gasteiger partial charge in [0.2, 0.25) is 5.91 Å². The van der Waals surface area contributed by atoms with Crippen LogP contribution in [0.2, 0.25) is 0 Å². The predicted molar refractivity (Wildman–Crippen MR) is 126 cm³/mol. The Morgan fingerprint density at radius 3 is 2.47 bits per heavy atom. The van der Waals surface area contributed by atoms with Crippen molar-refractivity contribution in [2.45, 2.75) is 69.7 Å². The molecule has 0 bridgehead atoms. The summed E-state index contributed by atoms with van der Waals surface area (Å²) in [4.78, 5) is 27.1. The largest absolute Gasteiger partial charge is 0.443 e. The lowest BCUT2D eigenvalue weighted by Gasteiger charge is -2.48. The highest BCUT2D eigenvalue weighted by atomic mass is 16.6. The van der Waals surface area contributed by atoms with Gasteiger partial charge in [-0.1, -0.05) is 42.5 Å². The average Bonchev–Trinajstić information content (AvgIpc) is 3.17. The van der Waals surface area contributed by atoms with Gasteiger partial charge in [0, 0.05) is 23.7 Å². The van der Waals surface area contributed by atoms with Crippen LogP contribution in [0.4, 0.5) is 10.5 Å². The molecule has 32 heavy (non-hydrogen) atoms. The van der Waals surface area contributed by atoms with Crippen molar-refractivity contribution in [2.24, 2.45) is 0 Å². The second-order valence-corrected chi connectivity index (χ2v) is 9.47. The molecule has 0 saturated carbocycles. The number of anilines is 1. The van der Waals surface area contributed by atoms with Crippen LogP contribution < -0.4 is 10.6 Å². The summed E-state index contributed by atoms with van der Waals surface area (Å²) in [6.07, 6.45) is 2.56. The number of nitrogens with zero attached hydrogens (tertiary/aromatic N) is 1. The minimum Gasteiger partial charge on any atom is -0.443 e. The van der Waals surface area contributed by atoms with Gasteiger partial charge in [0.05, 0.1) is 6.04 Å². The first-order valence-electron chi connectivity index (χ1n) is 11.4. The third-order valence-electron chi connectivity index (χ3n) is 6.92. The molecule has 0 aliphatic carbocycles. The SMILES string of the molecule is CN[C@H](C)C(=O)Nc1ccc(C2[C@@H]3CC[C@H](Cc4ccccc4)N3C(=O)OC2(C)C)cc1. The molecule has 2 aromatic rings. The number of nitrogens with one attached hydrogen (secondary N) is 2. The first kappa shape index (κ1) is 22.3. The molecule has 6 heteroatoms. The molecule has 0 radical (unpaired) electrons. The van der Waals surface area contributed by atoms with Gasteiger partial charge in [0.25, 0.3) is 0 Å². The monoisotopic (exact) mass is 435 g/mol. The van der Waals surface area contributed by atoms with Crippen LogP contribution in [0, 0.1) is 0 Å². The fourth-order valence-electron chi connectivity index (χ4n) is 5.19. The lowest BCUT2D eigenvalue weighted by Crippen LogP contribution is -2.57. The Labute approximate surface area is 190 Å². The molecule has 6 nitrogen and oxygen atoms in total. The van der Waals surface area contributed by atoms with E-state index in [0.717, 1.165) is 30.5 Å². The Balaban J connectivity index is 1.55. The van der Waals surface area contributed by atoms with Crippen molar-refractivity contribution < 1.29 is 14.3 Å². The van der Waals surface area contributed by atoms with Crippen LogP contribution in [-0.2, 0) is 16.0 Å². The Bertz CT molecular complexity index is 958. The number of carbonyl (C=O) groups is 2. The third-order valence-corrected chi connectivity index (χ3v) is 6.92. The van der Waals surface area contributed by atoms with E-state index in [0.29, 0.717) is 0 Å². The molecule has 1 unspecified atom stereocenters. The number of cyclic esters (lactones) is 1. The maximum absolute atomic E-state index is 13.0. The Morgan fingerprint density at radius 2 is 1.81 bits per heavy atom. The van der Waals surface area contributed by atoms with Crippen molar-refractivity contribution >= 4 is 17.7 Å².